The lowest BCUT2D eigenvalue weighted by Crippen LogP contribution is -2.38. The summed E-state index contributed by atoms with van der Waals surface area (Å²) in [6, 6.07) is 0. The summed E-state index contributed by atoms with van der Waals surface area (Å²) in [7, 11) is -3.14. The summed E-state index contributed by atoms with van der Waals surface area (Å²) in [5.41, 5.74) is 8.13. The Bertz CT molecular complexity index is 307. The fourth-order valence-electron chi connectivity index (χ4n) is 1.28. The van der Waals surface area contributed by atoms with Gasteiger partial charge >= 0.3 is 0 Å². The summed E-state index contributed by atoms with van der Waals surface area (Å²) in [6.07, 6.45) is 6.37. The molecular weight excluding hydrogens is 260 g/mol. The number of hydroxylamine groups is 2. The molecule has 0 spiro atoms. The summed E-state index contributed by atoms with van der Waals surface area (Å²) in [5, 5.41) is 0. The van der Waals surface area contributed by atoms with Gasteiger partial charge in [0, 0.05) is 0 Å². The largest absolute Gasteiger partial charge is 0.323 e. The average Bonchev–Trinajstić information content (AvgIpc) is 2.22. The minimum atomic E-state index is -1.57. The van der Waals surface area contributed by atoms with Crippen molar-refractivity contribution in [3.05, 3.63) is 23.5 Å². The first-order valence-corrected chi connectivity index (χ1v) is 13.3. The third kappa shape index (κ3) is 6.39. The minimum Gasteiger partial charge on any atom is -0.323 e. The molecule has 4 nitrogen and oxygen atoms in total. The van der Waals surface area contributed by atoms with Crippen LogP contribution in [0.4, 0.5) is 0 Å². The fourth-order valence-corrected chi connectivity index (χ4v) is 2.12. The predicted molar refractivity (Wildman–Crippen MR) is 80.5 cm³/mol. The van der Waals surface area contributed by atoms with E-state index in [1.807, 2.05) is 0 Å². The molecule has 0 heterocycles. The predicted octanol–water partition coefficient (Wildman–Crippen LogP) is 3.26. The fraction of sp³-hybridized carbons (Fsp3) is 0.667. The second kappa shape index (κ2) is 6.05. The van der Waals surface area contributed by atoms with Crippen molar-refractivity contribution >= 4 is 16.6 Å². The monoisotopic (exact) mass is 286 g/mol. The van der Waals surface area contributed by atoms with Crippen molar-refractivity contribution in [1.29, 1.82) is 0 Å². The van der Waals surface area contributed by atoms with Gasteiger partial charge in [-0.3, -0.25) is 11.0 Å². The van der Waals surface area contributed by atoms with E-state index in [0.29, 0.717) is 0 Å². The highest BCUT2D eigenvalue weighted by Gasteiger charge is 2.20. The quantitative estimate of drug-likeness (QED) is 0.581. The van der Waals surface area contributed by atoms with Gasteiger partial charge in [0.05, 0.1) is 11.4 Å². The second-order valence-corrected chi connectivity index (χ2v) is 15.3. The summed E-state index contributed by atoms with van der Waals surface area (Å²) < 4.78 is 11.5. The molecule has 0 fully saturated rings. The SMILES string of the molecule is C[Si](C)(C)ONC1=CCCC=C1NO[Si](C)(C)C. The third-order valence-corrected chi connectivity index (χ3v) is 3.52. The lowest BCUT2D eigenvalue weighted by atomic mass is 10.1. The Balaban J connectivity index is 2.54. The first-order chi connectivity index (χ1) is 8.17. The van der Waals surface area contributed by atoms with Crippen molar-refractivity contribution in [1.82, 2.24) is 11.0 Å². The Labute approximate surface area is 113 Å². The number of rotatable bonds is 6. The topological polar surface area (TPSA) is 42.5 Å². The van der Waals surface area contributed by atoms with Gasteiger partial charge in [0.1, 0.15) is 0 Å². The van der Waals surface area contributed by atoms with Crippen LogP contribution in [0.5, 0.6) is 0 Å². The van der Waals surface area contributed by atoms with Gasteiger partial charge in [-0.2, -0.15) is 0 Å². The maximum atomic E-state index is 5.73. The number of hydrogen-bond donors (Lipinski definition) is 2. The van der Waals surface area contributed by atoms with Gasteiger partial charge in [0.2, 0.25) is 16.6 Å². The zero-order valence-corrected chi connectivity index (χ0v) is 14.4. The van der Waals surface area contributed by atoms with Gasteiger partial charge in [0.25, 0.3) is 0 Å². The molecule has 0 aromatic carbocycles. The van der Waals surface area contributed by atoms with Crippen LogP contribution in [0.25, 0.3) is 0 Å². The van der Waals surface area contributed by atoms with Crippen LogP contribution in [0.1, 0.15) is 12.8 Å². The number of nitrogens with one attached hydrogen (secondary N) is 2. The highest BCUT2D eigenvalue weighted by atomic mass is 28.4. The van der Waals surface area contributed by atoms with Crippen LogP contribution >= 0.6 is 0 Å². The van der Waals surface area contributed by atoms with E-state index >= 15 is 0 Å². The normalized spacial score (nSPS) is 17.0. The second-order valence-electron chi connectivity index (χ2n) is 6.45. The summed E-state index contributed by atoms with van der Waals surface area (Å²) in [5.74, 6) is 0. The van der Waals surface area contributed by atoms with Crippen molar-refractivity contribution in [3.8, 4) is 0 Å². The van der Waals surface area contributed by atoms with E-state index in [1.165, 1.54) is 0 Å². The zero-order chi connectivity index (χ0) is 13.8. The van der Waals surface area contributed by atoms with Gasteiger partial charge in [-0.15, -0.1) is 0 Å². The molecule has 0 amide bonds. The van der Waals surface area contributed by atoms with Crippen LogP contribution in [0.2, 0.25) is 39.3 Å². The molecule has 2 N–H and O–H groups in total. The molecule has 0 radical (unpaired) electrons. The number of hydrogen-bond acceptors (Lipinski definition) is 4. The van der Waals surface area contributed by atoms with E-state index in [0.717, 1.165) is 24.2 Å². The molecule has 0 saturated heterocycles. The average molecular weight is 287 g/mol. The Morgan fingerprint density at radius 1 is 0.778 bits per heavy atom. The van der Waals surface area contributed by atoms with Crippen LogP contribution in [0.15, 0.2) is 23.5 Å². The minimum absolute atomic E-state index is 0.988. The van der Waals surface area contributed by atoms with Gasteiger partial charge < -0.3 is 9.05 Å². The Morgan fingerprint density at radius 2 is 1.11 bits per heavy atom. The highest BCUT2D eigenvalue weighted by molar-refractivity contribution is 6.70. The molecule has 6 heteroatoms. The van der Waals surface area contributed by atoms with E-state index in [9.17, 15) is 0 Å². The lowest BCUT2D eigenvalue weighted by Gasteiger charge is -2.26. The molecule has 18 heavy (non-hydrogen) atoms. The van der Waals surface area contributed by atoms with Crippen molar-refractivity contribution in [2.75, 3.05) is 0 Å². The maximum absolute atomic E-state index is 5.73. The standard InChI is InChI=1S/C12H26N2O2Si2/c1-17(2,3)15-13-11-9-7-8-10-12(11)14-16-18(4,5)6/h9-10,13-14H,7-8H2,1-6H3. The lowest BCUT2D eigenvalue weighted by molar-refractivity contribution is 0.194. The van der Waals surface area contributed by atoms with Gasteiger partial charge in [-0.1, -0.05) is 12.2 Å². The summed E-state index contributed by atoms with van der Waals surface area (Å²) in [4.78, 5) is 0. The first-order valence-electron chi connectivity index (χ1n) is 6.46. The Kier molecular flexibility index (Phi) is 5.21. The van der Waals surface area contributed by atoms with Gasteiger partial charge in [0.15, 0.2) is 0 Å². The Morgan fingerprint density at radius 3 is 1.39 bits per heavy atom. The van der Waals surface area contributed by atoms with Crippen molar-refractivity contribution < 1.29 is 9.05 Å². The molecule has 1 aliphatic rings. The van der Waals surface area contributed by atoms with E-state index in [2.05, 4.69) is 62.4 Å². The van der Waals surface area contributed by atoms with Crippen LogP contribution in [0, 0.1) is 0 Å². The zero-order valence-electron chi connectivity index (χ0n) is 12.4. The molecule has 0 aliphatic heterocycles. The van der Waals surface area contributed by atoms with E-state index < -0.39 is 16.6 Å². The third-order valence-electron chi connectivity index (χ3n) is 2.09. The molecule has 0 saturated carbocycles. The van der Waals surface area contributed by atoms with E-state index in [4.69, 9.17) is 9.05 Å². The smallest absolute Gasteiger partial charge is 0.220 e. The molecule has 0 aromatic heterocycles. The summed E-state index contributed by atoms with van der Waals surface area (Å²) in [6.45, 7) is 12.9. The molecule has 0 aromatic rings. The first kappa shape index (κ1) is 15.5. The highest BCUT2D eigenvalue weighted by Crippen LogP contribution is 2.16. The van der Waals surface area contributed by atoms with E-state index in [-0.39, 0.29) is 0 Å². The van der Waals surface area contributed by atoms with Crippen molar-refractivity contribution in [3.63, 3.8) is 0 Å². The van der Waals surface area contributed by atoms with Crippen LogP contribution in [-0.2, 0) is 9.05 Å². The van der Waals surface area contributed by atoms with E-state index in [1.54, 1.807) is 0 Å². The molecule has 1 aliphatic carbocycles. The summed E-state index contributed by atoms with van der Waals surface area (Å²) >= 11 is 0. The molecule has 1 rings (SSSR count). The van der Waals surface area contributed by atoms with Crippen LogP contribution in [0.3, 0.4) is 0 Å². The Hall–Kier alpha value is -0.566. The van der Waals surface area contributed by atoms with Crippen molar-refractivity contribution in [2.45, 2.75) is 52.1 Å². The molecular formula is C12H26N2O2Si2. The molecule has 0 unspecified atom stereocenters. The molecule has 0 atom stereocenters. The molecule has 0 bridgehead atoms. The molecule has 104 valence electrons. The van der Waals surface area contributed by atoms with Gasteiger partial charge in [-0.05, 0) is 52.1 Å². The van der Waals surface area contributed by atoms with Crippen molar-refractivity contribution in [2.24, 2.45) is 0 Å². The van der Waals surface area contributed by atoms with Crippen LogP contribution < -0.4 is 11.0 Å². The maximum Gasteiger partial charge on any atom is 0.220 e. The van der Waals surface area contributed by atoms with Gasteiger partial charge in [-0.25, -0.2) is 0 Å². The number of allylic oxidation sites excluding steroid dienone is 2. The van der Waals surface area contributed by atoms with Crippen LogP contribution in [-0.4, -0.2) is 16.6 Å².